The van der Waals surface area contributed by atoms with E-state index in [4.69, 9.17) is 9.97 Å². The van der Waals surface area contributed by atoms with E-state index < -0.39 is 0 Å². The summed E-state index contributed by atoms with van der Waals surface area (Å²) < 4.78 is 2.42. The van der Waals surface area contributed by atoms with E-state index in [2.05, 4.69) is 180 Å². The Morgan fingerprint density at radius 3 is 1.63 bits per heavy atom. The normalized spacial score (nSPS) is 11.5. The van der Waals surface area contributed by atoms with Crippen LogP contribution in [-0.4, -0.2) is 14.5 Å². The van der Waals surface area contributed by atoms with Gasteiger partial charge in [0.1, 0.15) is 0 Å². The summed E-state index contributed by atoms with van der Waals surface area (Å²) in [5.74, 6) is 0. The van der Waals surface area contributed by atoms with Crippen molar-refractivity contribution < 1.29 is 0 Å². The Morgan fingerprint density at radius 1 is 0.333 bits per heavy atom. The van der Waals surface area contributed by atoms with Crippen molar-refractivity contribution in [1.82, 2.24) is 14.5 Å². The summed E-state index contributed by atoms with van der Waals surface area (Å²) in [5.41, 5.74) is 12.9. The standard InChI is InChI=1S/C48H31N3/c1-4-15-32(16-5-1)42-30-36(31-43(49-42)33-17-6-2-7-18-33)35-21-14-22-37(29-35)51-44-26-13-11-24-39(44)47-45(51)28-27-40-46(47)38-23-10-12-25-41(38)50-48(40)34-19-8-3-9-20-34/h1-31H. The molecule has 0 aliphatic rings. The van der Waals surface area contributed by atoms with Crippen LogP contribution < -0.4 is 0 Å². The van der Waals surface area contributed by atoms with E-state index in [1.807, 2.05) is 12.1 Å². The number of rotatable bonds is 5. The predicted octanol–water partition coefficient (Wildman–Crippen LogP) is 12.5. The fourth-order valence-corrected chi connectivity index (χ4v) is 7.63. The Hall–Kier alpha value is -6.84. The first-order valence-corrected chi connectivity index (χ1v) is 17.3. The molecule has 0 saturated carbocycles. The van der Waals surface area contributed by atoms with Crippen LogP contribution in [0.25, 0.3) is 94.1 Å². The maximum Gasteiger partial charge on any atom is 0.0788 e. The number of benzene rings is 7. The average molecular weight is 650 g/mol. The molecule has 0 bridgehead atoms. The zero-order valence-electron chi connectivity index (χ0n) is 27.7. The third-order valence-electron chi connectivity index (χ3n) is 9.95. The van der Waals surface area contributed by atoms with Crippen molar-refractivity contribution in [2.24, 2.45) is 0 Å². The van der Waals surface area contributed by atoms with Crippen molar-refractivity contribution in [1.29, 1.82) is 0 Å². The van der Waals surface area contributed by atoms with E-state index in [0.717, 1.165) is 66.9 Å². The molecule has 0 unspecified atom stereocenters. The van der Waals surface area contributed by atoms with Crippen LogP contribution in [0.15, 0.2) is 188 Å². The molecule has 51 heavy (non-hydrogen) atoms. The van der Waals surface area contributed by atoms with E-state index in [-0.39, 0.29) is 0 Å². The molecule has 0 amide bonds. The Labute approximate surface area is 295 Å². The molecule has 0 fully saturated rings. The lowest BCUT2D eigenvalue weighted by atomic mass is 9.96. The highest BCUT2D eigenvalue weighted by Gasteiger charge is 2.19. The quantitative estimate of drug-likeness (QED) is 0.174. The summed E-state index contributed by atoms with van der Waals surface area (Å²) in [6, 6.07) is 66.6. The second-order valence-electron chi connectivity index (χ2n) is 13.0. The minimum Gasteiger partial charge on any atom is -0.309 e. The Kier molecular flexibility index (Phi) is 6.81. The van der Waals surface area contributed by atoms with Crippen LogP contribution in [0.5, 0.6) is 0 Å². The smallest absolute Gasteiger partial charge is 0.0788 e. The number of hydrogen-bond acceptors (Lipinski definition) is 2. The van der Waals surface area contributed by atoms with E-state index in [1.54, 1.807) is 0 Å². The van der Waals surface area contributed by atoms with Crippen LogP contribution in [0.4, 0.5) is 0 Å². The van der Waals surface area contributed by atoms with Crippen LogP contribution in [0.1, 0.15) is 0 Å². The van der Waals surface area contributed by atoms with Gasteiger partial charge in [0.25, 0.3) is 0 Å². The number of fused-ring (bicyclic) bond motifs is 7. The van der Waals surface area contributed by atoms with Gasteiger partial charge in [0.2, 0.25) is 0 Å². The molecule has 10 rings (SSSR count). The largest absolute Gasteiger partial charge is 0.309 e. The van der Waals surface area contributed by atoms with E-state index >= 15 is 0 Å². The summed E-state index contributed by atoms with van der Waals surface area (Å²) in [7, 11) is 0. The molecular weight excluding hydrogens is 619 g/mol. The van der Waals surface area contributed by atoms with Crippen molar-refractivity contribution in [2.75, 3.05) is 0 Å². The third kappa shape index (κ3) is 4.90. The van der Waals surface area contributed by atoms with Gasteiger partial charge in [0, 0.05) is 49.3 Å². The molecule has 0 aliphatic carbocycles. The minimum absolute atomic E-state index is 0.954. The van der Waals surface area contributed by atoms with Gasteiger partial charge in [-0.25, -0.2) is 9.97 Å². The maximum atomic E-state index is 5.22. The van der Waals surface area contributed by atoms with Crippen LogP contribution in [0.3, 0.4) is 0 Å². The Morgan fingerprint density at radius 2 is 0.922 bits per heavy atom. The summed E-state index contributed by atoms with van der Waals surface area (Å²) >= 11 is 0. The predicted molar refractivity (Wildman–Crippen MR) is 213 cm³/mol. The molecule has 0 saturated heterocycles. The molecule has 0 atom stereocenters. The molecular formula is C48H31N3. The molecule has 0 aliphatic heterocycles. The number of para-hydroxylation sites is 2. The van der Waals surface area contributed by atoms with Crippen molar-refractivity contribution >= 4 is 43.5 Å². The first-order valence-electron chi connectivity index (χ1n) is 17.3. The van der Waals surface area contributed by atoms with Gasteiger partial charge in [0.15, 0.2) is 0 Å². The van der Waals surface area contributed by atoms with Crippen LogP contribution in [-0.2, 0) is 0 Å². The third-order valence-corrected chi connectivity index (χ3v) is 9.95. The number of pyridine rings is 2. The topological polar surface area (TPSA) is 30.7 Å². The lowest BCUT2D eigenvalue weighted by molar-refractivity contribution is 1.18. The van der Waals surface area contributed by atoms with Crippen molar-refractivity contribution in [2.45, 2.75) is 0 Å². The highest BCUT2D eigenvalue weighted by Crippen LogP contribution is 2.42. The van der Waals surface area contributed by atoms with Gasteiger partial charge >= 0.3 is 0 Å². The number of nitrogens with zero attached hydrogens (tertiary/aromatic N) is 3. The SMILES string of the molecule is c1ccc(-c2cc(-c3cccc(-n4c5ccccc5c5c6c(ccc54)c(-c4ccccc4)nc4ccccc46)c3)cc(-c3ccccc3)n2)cc1. The molecule has 0 N–H and O–H groups in total. The number of hydrogen-bond donors (Lipinski definition) is 0. The Bertz CT molecular complexity index is 2830. The minimum atomic E-state index is 0.954. The molecule has 3 heterocycles. The second kappa shape index (κ2) is 11.9. The zero-order valence-corrected chi connectivity index (χ0v) is 27.7. The van der Waals surface area contributed by atoms with Gasteiger partial charge in [-0.2, -0.15) is 0 Å². The average Bonchev–Trinajstić information content (AvgIpc) is 3.56. The molecule has 7 aromatic carbocycles. The van der Waals surface area contributed by atoms with E-state index in [9.17, 15) is 0 Å². The Balaban J connectivity index is 1.23. The van der Waals surface area contributed by atoms with Crippen molar-refractivity contribution in [3.05, 3.63) is 188 Å². The molecule has 238 valence electrons. The first kappa shape index (κ1) is 29.1. The van der Waals surface area contributed by atoms with Gasteiger partial charge in [-0.15, -0.1) is 0 Å². The molecule has 0 radical (unpaired) electrons. The monoisotopic (exact) mass is 649 g/mol. The molecule has 3 heteroatoms. The fourth-order valence-electron chi connectivity index (χ4n) is 7.63. The lowest BCUT2D eigenvalue weighted by Gasteiger charge is -2.14. The van der Waals surface area contributed by atoms with Crippen molar-refractivity contribution in [3.63, 3.8) is 0 Å². The second-order valence-corrected chi connectivity index (χ2v) is 13.0. The summed E-state index contributed by atoms with van der Waals surface area (Å²) in [6.45, 7) is 0. The van der Waals surface area contributed by atoms with E-state index in [1.165, 1.54) is 27.2 Å². The van der Waals surface area contributed by atoms with Crippen LogP contribution in [0.2, 0.25) is 0 Å². The summed E-state index contributed by atoms with van der Waals surface area (Å²) in [6.07, 6.45) is 0. The van der Waals surface area contributed by atoms with Crippen LogP contribution in [0, 0.1) is 0 Å². The van der Waals surface area contributed by atoms with Gasteiger partial charge < -0.3 is 4.57 Å². The molecule has 10 aromatic rings. The van der Waals surface area contributed by atoms with Gasteiger partial charge in [0.05, 0.1) is 33.6 Å². The van der Waals surface area contributed by atoms with Crippen LogP contribution >= 0.6 is 0 Å². The lowest BCUT2D eigenvalue weighted by Crippen LogP contribution is -1.96. The molecule has 3 aromatic heterocycles. The van der Waals surface area contributed by atoms with Gasteiger partial charge in [-0.1, -0.05) is 146 Å². The summed E-state index contributed by atoms with van der Waals surface area (Å²) in [5, 5.41) is 6.01. The van der Waals surface area contributed by atoms with Crippen molar-refractivity contribution in [3.8, 4) is 50.6 Å². The summed E-state index contributed by atoms with van der Waals surface area (Å²) in [4.78, 5) is 10.3. The highest BCUT2D eigenvalue weighted by molar-refractivity contribution is 6.29. The molecule has 3 nitrogen and oxygen atoms in total. The highest BCUT2D eigenvalue weighted by atomic mass is 15.0. The van der Waals surface area contributed by atoms with E-state index in [0.29, 0.717) is 0 Å². The zero-order chi connectivity index (χ0) is 33.7. The first-order chi connectivity index (χ1) is 25.3. The number of aromatic nitrogens is 3. The van der Waals surface area contributed by atoms with Gasteiger partial charge in [-0.3, -0.25) is 0 Å². The molecule has 0 spiro atoms. The maximum absolute atomic E-state index is 5.22. The fraction of sp³-hybridized carbons (Fsp3) is 0. The van der Waals surface area contributed by atoms with Gasteiger partial charge in [-0.05, 0) is 53.6 Å².